The van der Waals surface area contributed by atoms with E-state index in [4.69, 9.17) is 22.4 Å². The smallest absolute Gasteiger partial charge is 0.349 e. The number of nitrogen functional groups attached to an aromatic ring is 1. The highest BCUT2D eigenvalue weighted by molar-refractivity contribution is 6.25. The van der Waals surface area contributed by atoms with E-state index in [1.807, 2.05) is 0 Å². The highest BCUT2D eigenvalue weighted by Crippen LogP contribution is 2.03. The molecule has 0 amide bonds. The Morgan fingerprint density at radius 3 is 3.00 bits per heavy atom. The lowest BCUT2D eigenvalue weighted by molar-refractivity contribution is 0.325. The van der Waals surface area contributed by atoms with Gasteiger partial charge in [-0.25, -0.2) is 4.79 Å². The Hall–Kier alpha value is -1.33. The predicted octanol–water partition coefficient (Wildman–Crippen LogP) is 0.331. The van der Waals surface area contributed by atoms with Crippen molar-refractivity contribution in [1.29, 1.82) is 0 Å². The number of nitrogens with zero attached hydrogens (tertiary/aromatic N) is 2. The summed E-state index contributed by atoms with van der Waals surface area (Å²) in [4.78, 5) is 14.9. The average molecular weight is 230 g/mol. The third-order valence-corrected chi connectivity index (χ3v) is 2.24. The summed E-state index contributed by atoms with van der Waals surface area (Å²) in [5, 5.41) is 8.84. The number of nitrogens with two attached hydrogens (primary N) is 1. The van der Waals surface area contributed by atoms with E-state index in [9.17, 15) is 4.79 Å². The van der Waals surface area contributed by atoms with E-state index in [1.165, 1.54) is 10.1 Å². The van der Waals surface area contributed by atoms with Crippen molar-refractivity contribution in [3.05, 3.63) is 33.9 Å². The van der Waals surface area contributed by atoms with Gasteiger partial charge in [0, 0.05) is 18.3 Å². The van der Waals surface area contributed by atoms with Crippen molar-refractivity contribution in [1.82, 2.24) is 9.55 Å². The lowest BCUT2D eigenvalue weighted by atomic mass is 10.2. The third-order valence-electron chi connectivity index (χ3n) is 1.93. The van der Waals surface area contributed by atoms with Gasteiger partial charge < -0.3 is 10.8 Å². The molecular formula is C9H12ClN3O2. The van der Waals surface area contributed by atoms with Gasteiger partial charge in [0.2, 0.25) is 0 Å². The first kappa shape index (κ1) is 11.7. The summed E-state index contributed by atoms with van der Waals surface area (Å²) in [7, 11) is 0. The van der Waals surface area contributed by atoms with Crippen LogP contribution in [0.4, 0.5) is 5.82 Å². The number of aryl methyl sites for hydroxylation is 1. The van der Waals surface area contributed by atoms with Gasteiger partial charge in [-0.2, -0.15) is 4.98 Å². The number of hydrogen-bond donors (Lipinski definition) is 2. The van der Waals surface area contributed by atoms with Gasteiger partial charge in [-0.3, -0.25) is 4.57 Å². The molecule has 0 radical (unpaired) electrons. The second kappa shape index (κ2) is 5.53. The molecule has 0 aliphatic carbocycles. The first-order chi connectivity index (χ1) is 7.17. The highest BCUT2D eigenvalue weighted by Gasteiger charge is 2.00. The maximum absolute atomic E-state index is 11.3. The van der Waals surface area contributed by atoms with Crippen LogP contribution in [0.1, 0.15) is 6.42 Å². The summed E-state index contributed by atoms with van der Waals surface area (Å²) in [5.41, 5.74) is 6.92. The van der Waals surface area contributed by atoms with Gasteiger partial charge in [0.15, 0.2) is 0 Å². The molecule has 0 aliphatic heterocycles. The Balaban J connectivity index is 2.70. The molecule has 0 fully saturated rings. The van der Waals surface area contributed by atoms with Gasteiger partial charge in [0.05, 0.1) is 6.61 Å². The fourth-order valence-electron chi connectivity index (χ4n) is 1.04. The molecule has 15 heavy (non-hydrogen) atoms. The van der Waals surface area contributed by atoms with Crippen molar-refractivity contribution in [2.24, 2.45) is 0 Å². The largest absolute Gasteiger partial charge is 0.392 e. The minimum absolute atomic E-state index is 0.110. The molecule has 6 heteroatoms. The molecule has 5 nitrogen and oxygen atoms in total. The maximum atomic E-state index is 11.3. The molecule has 0 aliphatic rings. The van der Waals surface area contributed by atoms with Gasteiger partial charge in [-0.05, 0) is 18.1 Å². The van der Waals surface area contributed by atoms with E-state index in [1.54, 1.807) is 12.3 Å². The molecule has 0 atom stereocenters. The molecule has 0 saturated heterocycles. The average Bonchev–Trinajstić information content (AvgIpc) is 2.22. The summed E-state index contributed by atoms with van der Waals surface area (Å²) in [6.45, 7) is 0.311. The zero-order valence-electron chi connectivity index (χ0n) is 8.06. The van der Waals surface area contributed by atoms with Crippen LogP contribution in [-0.2, 0) is 6.54 Å². The zero-order valence-corrected chi connectivity index (χ0v) is 8.81. The second-order valence-electron chi connectivity index (χ2n) is 3.00. The Labute approximate surface area is 91.8 Å². The van der Waals surface area contributed by atoms with Gasteiger partial charge in [-0.1, -0.05) is 11.6 Å². The van der Waals surface area contributed by atoms with Crippen LogP contribution in [0.2, 0.25) is 0 Å². The maximum Gasteiger partial charge on any atom is 0.349 e. The predicted molar refractivity (Wildman–Crippen MR) is 58.5 cm³/mol. The van der Waals surface area contributed by atoms with Gasteiger partial charge >= 0.3 is 5.69 Å². The zero-order chi connectivity index (χ0) is 11.3. The summed E-state index contributed by atoms with van der Waals surface area (Å²) in [6.07, 6.45) is 2.07. The van der Waals surface area contributed by atoms with Crippen LogP contribution < -0.4 is 11.4 Å². The molecule has 1 heterocycles. The molecule has 0 aromatic carbocycles. The number of rotatable bonds is 4. The van der Waals surface area contributed by atoms with Crippen molar-refractivity contribution in [2.45, 2.75) is 13.0 Å². The van der Waals surface area contributed by atoms with Gasteiger partial charge in [0.25, 0.3) is 0 Å². The molecule has 0 bridgehead atoms. The minimum Gasteiger partial charge on any atom is -0.392 e. The quantitative estimate of drug-likeness (QED) is 0.780. The topological polar surface area (TPSA) is 81.1 Å². The number of aromatic nitrogens is 2. The number of hydrogen-bond acceptors (Lipinski definition) is 4. The summed E-state index contributed by atoms with van der Waals surface area (Å²) in [5.74, 6) is 0.200. The molecule has 3 N–H and O–H groups in total. The van der Waals surface area contributed by atoms with Crippen molar-refractivity contribution in [3.8, 4) is 0 Å². The fraction of sp³-hybridized carbons (Fsp3) is 0.333. The number of aliphatic hydroxyl groups excluding tert-OH is 1. The Morgan fingerprint density at radius 2 is 2.47 bits per heavy atom. The summed E-state index contributed by atoms with van der Waals surface area (Å²) in [6, 6.07) is 1.55. The molecule has 1 aromatic rings. The first-order valence-electron chi connectivity index (χ1n) is 4.39. The van der Waals surface area contributed by atoms with Crippen molar-refractivity contribution >= 4 is 17.4 Å². The lowest BCUT2D eigenvalue weighted by Crippen LogP contribution is -2.23. The molecule has 0 spiro atoms. The normalized spacial score (nSPS) is 11.7. The highest BCUT2D eigenvalue weighted by atomic mass is 35.5. The summed E-state index contributed by atoms with van der Waals surface area (Å²) < 4.78 is 1.41. The molecule has 0 unspecified atom stereocenters. The van der Waals surface area contributed by atoms with E-state index >= 15 is 0 Å². The molecule has 0 saturated carbocycles. The van der Waals surface area contributed by atoms with Gasteiger partial charge in [-0.15, -0.1) is 0 Å². The molecule has 82 valence electrons. The molecule has 1 rings (SSSR count). The van der Waals surface area contributed by atoms with Crippen LogP contribution in [0.15, 0.2) is 28.2 Å². The number of anilines is 1. The van der Waals surface area contributed by atoms with Gasteiger partial charge in [0.1, 0.15) is 5.82 Å². The Kier molecular flexibility index (Phi) is 4.33. The first-order valence-corrected chi connectivity index (χ1v) is 4.83. The molecular weight excluding hydrogens is 218 g/mol. The van der Waals surface area contributed by atoms with Crippen LogP contribution >= 0.6 is 11.6 Å². The van der Waals surface area contributed by atoms with Crippen LogP contribution in [0.25, 0.3) is 0 Å². The SMILES string of the molecule is Nc1ccn(CCC(=CCl)CO)c(=O)n1. The minimum atomic E-state index is -0.401. The van der Waals surface area contributed by atoms with E-state index in [2.05, 4.69) is 4.98 Å². The van der Waals surface area contributed by atoms with Crippen molar-refractivity contribution < 1.29 is 5.11 Å². The summed E-state index contributed by atoms with van der Waals surface area (Å²) >= 11 is 5.45. The molecule has 1 aromatic heterocycles. The van der Waals surface area contributed by atoms with Crippen LogP contribution in [0.3, 0.4) is 0 Å². The Bertz CT molecular complexity index is 414. The second-order valence-corrected chi connectivity index (χ2v) is 3.22. The standard InChI is InChI=1S/C9H12ClN3O2/c10-5-7(6-14)1-3-13-4-2-8(11)12-9(13)15/h2,4-5,14H,1,3,6H2,(H2,11,12,15). The Morgan fingerprint density at radius 1 is 1.73 bits per heavy atom. The van der Waals surface area contributed by atoms with Crippen molar-refractivity contribution in [2.75, 3.05) is 12.3 Å². The van der Waals surface area contributed by atoms with E-state index < -0.39 is 5.69 Å². The number of halogens is 1. The fourth-order valence-corrected chi connectivity index (χ4v) is 1.22. The van der Waals surface area contributed by atoms with E-state index in [-0.39, 0.29) is 12.4 Å². The van der Waals surface area contributed by atoms with Crippen molar-refractivity contribution in [3.63, 3.8) is 0 Å². The van der Waals surface area contributed by atoms with Crippen LogP contribution in [0.5, 0.6) is 0 Å². The number of aliphatic hydroxyl groups is 1. The van der Waals surface area contributed by atoms with E-state index in [0.29, 0.717) is 18.5 Å². The van der Waals surface area contributed by atoms with E-state index in [0.717, 1.165) is 0 Å². The third kappa shape index (κ3) is 3.38. The lowest BCUT2D eigenvalue weighted by Gasteiger charge is -2.05. The monoisotopic (exact) mass is 229 g/mol. The van der Waals surface area contributed by atoms with Crippen LogP contribution in [-0.4, -0.2) is 21.3 Å². The van der Waals surface area contributed by atoms with Crippen LogP contribution in [0, 0.1) is 0 Å².